The van der Waals surface area contributed by atoms with Gasteiger partial charge in [-0.1, -0.05) is 19.1 Å². The van der Waals surface area contributed by atoms with Gasteiger partial charge in [0.15, 0.2) is 0 Å². The molecular formula is C12H14O3. The average molecular weight is 206 g/mol. The summed E-state index contributed by atoms with van der Waals surface area (Å²) in [6.07, 6.45) is 0.116. The van der Waals surface area contributed by atoms with Crippen molar-refractivity contribution in [2.75, 3.05) is 7.11 Å². The molecular weight excluding hydrogens is 192 g/mol. The van der Waals surface area contributed by atoms with Gasteiger partial charge in [0.1, 0.15) is 17.4 Å². The molecule has 0 aliphatic carbocycles. The zero-order chi connectivity index (χ0) is 11.0. The predicted octanol–water partition coefficient (Wildman–Crippen LogP) is 2.36. The maximum absolute atomic E-state index is 11.5. The van der Waals surface area contributed by atoms with Crippen LogP contribution in [0.3, 0.4) is 0 Å². The molecule has 15 heavy (non-hydrogen) atoms. The number of carbonyl (C=O) groups is 1. The Morgan fingerprint density at radius 1 is 1.40 bits per heavy atom. The fourth-order valence-electron chi connectivity index (χ4n) is 1.86. The summed E-state index contributed by atoms with van der Waals surface area (Å²) in [5.74, 6) is 0.669. The molecule has 1 aromatic carbocycles. The summed E-state index contributed by atoms with van der Waals surface area (Å²) < 4.78 is 10.4. The molecule has 0 saturated carbocycles. The molecule has 3 heteroatoms. The quantitative estimate of drug-likeness (QED) is 0.662. The Balaban J connectivity index is 2.49. The molecule has 1 aromatic rings. The Morgan fingerprint density at radius 2 is 2.13 bits per heavy atom. The van der Waals surface area contributed by atoms with Crippen molar-refractivity contribution in [1.82, 2.24) is 0 Å². The van der Waals surface area contributed by atoms with E-state index in [0.29, 0.717) is 17.2 Å². The zero-order valence-corrected chi connectivity index (χ0v) is 9.11. The Hall–Kier alpha value is -1.51. The van der Waals surface area contributed by atoms with Crippen LogP contribution in [0.15, 0.2) is 18.2 Å². The molecule has 0 amide bonds. The third kappa shape index (κ3) is 1.48. The molecule has 2 unspecified atom stereocenters. The van der Waals surface area contributed by atoms with Crippen LogP contribution in [0.5, 0.6) is 5.75 Å². The van der Waals surface area contributed by atoms with Gasteiger partial charge in [-0.2, -0.15) is 0 Å². The van der Waals surface area contributed by atoms with Gasteiger partial charge in [0, 0.05) is 11.5 Å². The second-order valence-electron chi connectivity index (χ2n) is 3.83. The maximum Gasteiger partial charge on any atom is 0.341 e. The van der Waals surface area contributed by atoms with Crippen LogP contribution in [0, 0.1) is 0 Å². The van der Waals surface area contributed by atoms with E-state index in [2.05, 4.69) is 6.92 Å². The number of hydrogen-bond donors (Lipinski definition) is 0. The largest absolute Gasteiger partial charge is 0.489 e. The van der Waals surface area contributed by atoms with E-state index in [1.165, 1.54) is 7.11 Å². The van der Waals surface area contributed by atoms with E-state index < -0.39 is 0 Å². The molecule has 1 aliphatic heterocycles. The van der Waals surface area contributed by atoms with Gasteiger partial charge in [0.25, 0.3) is 0 Å². The second kappa shape index (κ2) is 3.57. The van der Waals surface area contributed by atoms with E-state index in [4.69, 9.17) is 9.47 Å². The highest BCUT2D eigenvalue weighted by atomic mass is 16.5. The number of esters is 1. The first-order valence-corrected chi connectivity index (χ1v) is 5.03. The number of ether oxygens (including phenoxy) is 2. The van der Waals surface area contributed by atoms with Crippen LogP contribution < -0.4 is 4.74 Å². The lowest BCUT2D eigenvalue weighted by atomic mass is 9.97. The smallest absolute Gasteiger partial charge is 0.341 e. The Morgan fingerprint density at radius 3 is 2.80 bits per heavy atom. The third-order valence-electron chi connectivity index (χ3n) is 2.95. The van der Waals surface area contributed by atoms with Crippen LogP contribution >= 0.6 is 0 Å². The normalized spacial score (nSPS) is 23.1. The topological polar surface area (TPSA) is 35.5 Å². The van der Waals surface area contributed by atoms with Gasteiger partial charge >= 0.3 is 5.97 Å². The molecule has 1 aliphatic rings. The minimum Gasteiger partial charge on any atom is -0.489 e. The molecule has 80 valence electrons. The van der Waals surface area contributed by atoms with Crippen molar-refractivity contribution >= 4 is 5.97 Å². The Bertz CT molecular complexity index is 398. The van der Waals surface area contributed by atoms with Crippen molar-refractivity contribution in [2.24, 2.45) is 0 Å². The molecule has 0 fully saturated rings. The van der Waals surface area contributed by atoms with Crippen LogP contribution in [0.25, 0.3) is 0 Å². The van der Waals surface area contributed by atoms with Crippen LogP contribution in [0.2, 0.25) is 0 Å². The number of para-hydroxylation sites is 1. The monoisotopic (exact) mass is 206 g/mol. The van der Waals surface area contributed by atoms with Crippen molar-refractivity contribution in [1.29, 1.82) is 0 Å². The molecule has 0 aromatic heterocycles. The third-order valence-corrected chi connectivity index (χ3v) is 2.95. The van der Waals surface area contributed by atoms with Crippen LogP contribution in [0.4, 0.5) is 0 Å². The summed E-state index contributed by atoms with van der Waals surface area (Å²) in [6.45, 7) is 4.10. The number of methoxy groups -OCH3 is 1. The van der Waals surface area contributed by atoms with Crippen LogP contribution in [-0.2, 0) is 4.74 Å². The Kier molecular flexibility index (Phi) is 2.39. The summed E-state index contributed by atoms with van der Waals surface area (Å²) in [7, 11) is 1.38. The number of carbonyl (C=O) groups excluding carboxylic acids is 1. The maximum atomic E-state index is 11.5. The van der Waals surface area contributed by atoms with Gasteiger partial charge in [-0.25, -0.2) is 4.79 Å². The molecule has 2 atom stereocenters. The first-order chi connectivity index (χ1) is 7.15. The van der Waals surface area contributed by atoms with Gasteiger partial charge in [-0.15, -0.1) is 0 Å². The van der Waals surface area contributed by atoms with Gasteiger partial charge in [-0.3, -0.25) is 0 Å². The number of fused-ring (bicyclic) bond motifs is 1. The highest BCUT2D eigenvalue weighted by Crippen LogP contribution is 2.40. The number of benzene rings is 1. The van der Waals surface area contributed by atoms with Gasteiger partial charge in [-0.05, 0) is 13.0 Å². The van der Waals surface area contributed by atoms with E-state index in [1.54, 1.807) is 6.07 Å². The van der Waals surface area contributed by atoms with Gasteiger partial charge in [0.2, 0.25) is 0 Å². The summed E-state index contributed by atoms with van der Waals surface area (Å²) in [5, 5.41) is 0. The van der Waals surface area contributed by atoms with Crippen molar-refractivity contribution in [3.05, 3.63) is 29.3 Å². The Labute approximate surface area is 89.0 Å². The minimum atomic E-state index is -0.340. The highest BCUT2D eigenvalue weighted by molar-refractivity contribution is 5.93. The fraction of sp³-hybridized carbons (Fsp3) is 0.417. The predicted molar refractivity (Wildman–Crippen MR) is 56.3 cm³/mol. The molecule has 2 rings (SSSR count). The van der Waals surface area contributed by atoms with E-state index >= 15 is 0 Å². The van der Waals surface area contributed by atoms with Crippen molar-refractivity contribution in [3.8, 4) is 5.75 Å². The zero-order valence-electron chi connectivity index (χ0n) is 9.11. The molecule has 0 spiro atoms. The molecule has 3 nitrogen and oxygen atoms in total. The van der Waals surface area contributed by atoms with E-state index in [1.807, 2.05) is 19.1 Å². The van der Waals surface area contributed by atoms with Crippen molar-refractivity contribution in [2.45, 2.75) is 25.9 Å². The molecule has 0 bridgehead atoms. The van der Waals surface area contributed by atoms with E-state index in [-0.39, 0.29) is 12.1 Å². The van der Waals surface area contributed by atoms with E-state index in [0.717, 1.165) is 5.56 Å². The molecule has 0 saturated heterocycles. The van der Waals surface area contributed by atoms with Crippen molar-refractivity contribution < 1.29 is 14.3 Å². The van der Waals surface area contributed by atoms with Gasteiger partial charge < -0.3 is 9.47 Å². The number of hydrogen-bond acceptors (Lipinski definition) is 3. The fourth-order valence-corrected chi connectivity index (χ4v) is 1.86. The molecule has 1 heterocycles. The first-order valence-electron chi connectivity index (χ1n) is 5.03. The van der Waals surface area contributed by atoms with Crippen molar-refractivity contribution in [3.63, 3.8) is 0 Å². The standard InChI is InChI=1S/C12H14O3/c1-7-8(2)15-11-9(7)5-4-6-10(11)12(13)14-3/h4-8H,1-3H3. The summed E-state index contributed by atoms with van der Waals surface area (Å²) in [6, 6.07) is 5.59. The minimum absolute atomic E-state index is 0.116. The van der Waals surface area contributed by atoms with E-state index in [9.17, 15) is 4.79 Å². The average Bonchev–Trinajstić information content (AvgIpc) is 2.54. The summed E-state index contributed by atoms with van der Waals surface area (Å²) in [4.78, 5) is 11.5. The first kappa shape index (κ1) is 10.0. The summed E-state index contributed by atoms with van der Waals surface area (Å²) in [5.41, 5.74) is 1.61. The van der Waals surface area contributed by atoms with Crippen LogP contribution in [-0.4, -0.2) is 19.2 Å². The summed E-state index contributed by atoms with van der Waals surface area (Å²) >= 11 is 0. The highest BCUT2D eigenvalue weighted by Gasteiger charge is 2.31. The lowest BCUT2D eigenvalue weighted by molar-refractivity contribution is 0.0595. The lowest BCUT2D eigenvalue weighted by Crippen LogP contribution is -2.11. The van der Waals surface area contributed by atoms with Gasteiger partial charge in [0.05, 0.1) is 7.11 Å². The lowest BCUT2D eigenvalue weighted by Gasteiger charge is -2.08. The number of rotatable bonds is 1. The molecule has 0 radical (unpaired) electrons. The SMILES string of the molecule is COC(=O)c1cccc2c1OC(C)C2C. The van der Waals surface area contributed by atoms with Crippen LogP contribution in [0.1, 0.15) is 35.7 Å². The molecule has 0 N–H and O–H groups in total. The second-order valence-corrected chi connectivity index (χ2v) is 3.83.